The van der Waals surface area contributed by atoms with E-state index in [9.17, 15) is 0 Å². The number of rotatable bonds is 2. The van der Waals surface area contributed by atoms with Gasteiger partial charge in [-0.3, -0.25) is 4.98 Å². The van der Waals surface area contributed by atoms with E-state index >= 15 is 0 Å². The second-order valence-corrected chi connectivity index (χ2v) is 6.93. The number of imidazole rings is 1. The van der Waals surface area contributed by atoms with Gasteiger partial charge < -0.3 is 4.98 Å². The summed E-state index contributed by atoms with van der Waals surface area (Å²) in [6.07, 6.45) is 0. The van der Waals surface area contributed by atoms with Crippen molar-refractivity contribution in [2.45, 2.75) is 23.9 Å². The van der Waals surface area contributed by atoms with Crippen LogP contribution < -0.4 is 0 Å². The maximum Gasteiger partial charge on any atom is 0.171 e. The van der Waals surface area contributed by atoms with Crippen LogP contribution in [0.1, 0.15) is 11.3 Å². The van der Waals surface area contributed by atoms with Crippen molar-refractivity contribution in [2.24, 2.45) is 0 Å². The van der Waals surface area contributed by atoms with E-state index in [2.05, 4.69) is 21.0 Å². The Morgan fingerprint density at radius 2 is 1.87 bits per heavy atom. The van der Waals surface area contributed by atoms with Crippen LogP contribution in [0.4, 0.5) is 0 Å². The highest BCUT2D eigenvalue weighted by molar-refractivity contribution is 7.99. The highest BCUT2D eigenvalue weighted by atomic mass is 35.5. The van der Waals surface area contributed by atoms with Crippen LogP contribution in [-0.2, 0) is 0 Å². The molecule has 0 aliphatic heterocycles. The molecular formula is C18H14ClN3S. The summed E-state index contributed by atoms with van der Waals surface area (Å²) >= 11 is 7.86. The van der Waals surface area contributed by atoms with Crippen molar-refractivity contribution in [2.75, 3.05) is 0 Å². The van der Waals surface area contributed by atoms with Crippen LogP contribution in [-0.4, -0.2) is 15.0 Å². The number of hydrogen-bond acceptors (Lipinski definition) is 3. The van der Waals surface area contributed by atoms with Crippen molar-refractivity contribution in [3.63, 3.8) is 0 Å². The molecular weight excluding hydrogens is 326 g/mol. The molecule has 0 aliphatic rings. The summed E-state index contributed by atoms with van der Waals surface area (Å²) in [5.41, 5.74) is 4.96. The second-order valence-electron chi connectivity index (χ2n) is 5.49. The Balaban J connectivity index is 1.86. The third-order valence-electron chi connectivity index (χ3n) is 3.83. The standard InChI is InChI=1S/C18H14ClN3S/c1-10-9-16(12-7-8-13(19)11(2)17(12)20-10)23-18-21-14-5-3-4-6-15(14)22-18/h3-9H,1-2H3,(H,21,22). The van der Waals surface area contributed by atoms with Crippen molar-refractivity contribution in [1.29, 1.82) is 0 Å². The average Bonchev–Trinajstić information content (AvgIpc) is 2.93. The number of benzene rings is 2. The molecule has 0 saturated heterocycles. The average molecular weight is 340 g/mol. The van der Waals surface area contributed by atoms with Crippen molar-refractivity contribution < 1.29 is 0 Å². The number of H-pyrrole nitrogens is 1. The van der Waals surface area contributed by atoms with Gasteiger partial charge >= 0.3 is 0 Å². The molecule has 0 unspecified atom stereocenters. The van der Waals surface area contributed by atoms with Gasteiger partial charge in [-0.15, -0.1) is 0 Å². The molecule has 1 N–H and O–H groups in total. The lowest BCUT2D eigenvalue weighted by molar-refractivity contribution is 1.08. The van der Waals surface area contributed by atoms with Crippen LogP contribution in [0.2, 0.25) is 5.02 Å². The summed E-state index contributed by atoms with van der Waals surface area (Å²) in [5, 5.41) is 2.73. The number of halogens is 1. The fourth-order valence-electron chi connectivity index (χ4n) is 2.66. The van der Waals surface area contributed by atoms with Gasteiger partial charge in [0, 0.05) is 21.0 Å². The zero-order valence-corrected chi connectivity index (χ0v) is 14.3. The first kappa shape index (κ1) is 14.5. The molecule has 0 amide bonds. The number of para-hydroxylation sites is 2. The number of nitrogens with zero attached hydrogens (tertiary/aromatic N) is 2. The lowest BCUT2D eigenvalue weighted by atomic mass is 10.1. The quantitative estimate of drug-likeness (QED) is 0.522. The van der Waals surface area contributed by atoms with Crippen molar-refractivity contribution in [3.8, 4) is 0 Å². The second kappa shape index (κ2) is 5.55. The van der Waals surface area contributed by atoms with E-state index in [1.807, 2.05) is 50.2 Å². The summed E-state index contributed by atoms with van der Waals surface area (Å²) in [6.45, 7) is 4.01. The Kier molecular flexibility index (Phi) is 3.51. The molecule has 0 aliphatic carbocycles. The fraction of sp³-hybridized carbons (Fsp3) is 0.111. The van der Waals surface area contributed by atoms with E-state index in [-0.39, 0.29) is 0 Å². The third-order valence-corrected chi connectivity index (χ3v) is 5.19. The molecule has 0 fully saturated rings. The van der Waals surface area contributed by atoms with Gasteiger partial charge in [0.05, 0.1) is 16.6 Å². The maximum atomic E-state index is 6.24. The van der Waals surface area contributed by atoms with Crippen LogP contribution in [0.15, 0.2) is 52.5 Å². The zero-order chi connectivity index (χ0) is 16.0. The minimum absolute atomic E-state index is 0.746. The molecule has 114 valence electrons. The van der Waals surface area contributed by atoms with Crippen LogP contribution in [0.5, 0.6) is 0 Å². The van der Waals surface area contributed by atoms with Crippen molar-refractivity contribution in [1.82, 2.24) is 15.0 Å². The van der Waals surface area contributed by atoms with Gasteiger partial charge in [-0.25, -0.2) is 4.98 Å². The largest absolute Gasteiger partial charge is 0.333 e. The predicted molar refractivity (Wildman–Crippen MR) is 96.4 cm³/mol. The molecule has 0 bridgehead atoms. The first-order chi connectivity index (χ1) is 11.1. The Morgan fingerprint density at radius 3 is 2.70 bits per heavy atom. The summed E-state index contributed by atoms with van der Waals surface area (Å²) in [4.78, 5) is 13.8. The predicted octanol–water partition coefficient (Wildman–Crippen LogP) is 5.53. The summed E-state index contributed by atoms with van der Waals surface area (Å²) in [5.74, 6) is 0. The van der Waals surface area contributed by atoms with Crippen LogP contribution in [0, 0.1) is 13.8 Å². The molecule has 4 aromatic rings. The highest BCUT2D eigenvalue weighted by Gasteiger charge is 2.12. The van der Waals surface area contributed by atoms with Crippen LogP contribution in [0.25, 0.3) is 21.9 Å². The molecule has 0 atom stereocenters. The van der Waals surface area contributed by atoms with Gasteiger partial charge in [-0.2, -0.15) is 0 Å². The van der Waals surface area contributed by atoms with Crippen LogP contribution >= 0.6 is 23.4 Å². The Hall–Kier alpha value is -2.04. The lowest BCUT2D eigenvalue weighted by Crippen LogP contribution is -1.91. The minimum atomic E-state index is 0.746. The highest BCUT2D eigenvalue weighted by Crippen LogP contribution is 2.35. The van der Waals surface area contributed by atoms with E-state index in [1.54, 1.807) is 11.8 Å². The van der Waals surface area contributed by atoms with Gasteiger partial charge in [0.2, 0.25) is 0 Å². The number of hydrogen-bond donors (Lipinski definition) is 1. The van der Waals surface area contributed by atoms with E-state index < -0.39 is 0 Å². The van der Waals surface area contributed by atoms with Crippen molar-refractivity contribution in [3.05, 3.63) is 58.7 Å². The van der Waals surface area contributed by atoms with E-state index in [4.69, 9.17) is 11.6 Å². The summed E-state index contributed by atoms with van der Waals surface area (Å²) in [6, 6.07) is 14.1. The van der Waals surface area contributed by atoms with E-state index in [1.165, 1.54) is 0 Å². The smallest absolute Gasteiger partial charge is 0.171 e. The van der Waals surface area contributed by atoms with Gasteiger partial charge in [0.15, 0.2) is 5.16 Å². The molecule has 0 spiro atoms. The molecule has 4 rings (SSSR count). The molecule has 2 aromatic carbocycles. The Morgan fingerprint density at radius 1 is 1.04 bits per heavy atom. The molecule has 3 nitrogen and oxygen atoms in total. The first-order valence-corrected chi connectivity index (χ1v) is 8.50. The van der Waals surface area contributed by atoms with E-state index in [0.29, 0.717) is 0 Å². The van der Waals surface area contributed by atoms with Gasteiger partial charge in [0.25, 0.3) is 0 Å². The zero-order valence-electron chi connectivity index (χ0n) is 12.7. The third kappa shape index (κ3) is 2.58. The SMILES string of the molecule is Cc1cc(Sc2nc3ccccc3[nH]2)c2ccc(Cl)c(C)c2n1. The Labute approximate surface area is 143 Å². The lowest BCUT2D eigenvalue weighted by Gasteiger charge is -2.09. The molecule has 2 heterocycles. The molecule has 0 radical (unpaired) electrons. The minimum Gasteiger partial charge on any atom is -0.333 e. The van der Waals surface area contributed by atoms with Gasteiger partial charge in [0.1, 0.15) is 0 Å². The number of aromatic nitrogens is 3. The summed E-state index contributed by atoms with van der Waals surface area (Å²) in [7, 11) is 0. The number of pyridine rings is 1. The van der Waals surface area contributed by atoms with Crippen molar-refractivity contribution >= 4 is 45.3 Å². The topological polar surface area (TPSA) is 41.6 Å². The normalized spacial score (nSPS) is 11.4. The first-order valence-electron chi connectivity index (χ1n) is 7.31. The van der Waals surface area contributed by atoms with Crippen LogP contribution in [0.3, 0.4) is 0 Å². The molecule has 23 heavy (non-hydrogen) atoms. The number of fused-ring (bicyclic) bond motifs is 2. The monoisotopic (exact) mass is 339 g/mol. The fourth-order valence-corrected chi connectivity index (χ4v) is 3.83. The number of aromatic amines is 1. The van der Waals surface area contributed by atoms with E-state index in [0.717, 1.165) is 48.3 Å². The van der Waals surface area contributed by atoms with Gasteiger partial charge in [-0.05, 0) is 43.7 Å². The summed E-state index contributed by atoms with van der Waals surface area (Å²) < 4.78 is 0. The van der Waals surface area contributed by atoms with Gasteiger partial charge in [-0.1, -0.05) is 41.6 Å². The molecule has 5 heteroatoms. The number of nitrogens with one attached hydrogen (secondary N) is 1. The molecule has 2 aromatic heterocycles. The maximum absolute atomic E-state index is 6.24. The molecule has 0 saturated carbocycles. The number of aryl methyl sites for hydroxylation is 2. The Bertz CT molecular complexity index is 1010.